The molecule has 23 heavy (non-hydrogen) atoms. The first-order valence-electron chi connectivity index (χ1n) is 8.04. The summed E-state index contributed by atoms with van der Waals surface area (Å²) >= 11 is 0. The second-order valence-corrected chi connectivity index (χ2v) is 6.44. The number of methoxy groups -OCH3 is 1. The summed E-state index contributed by atoms with van der Waals surface area (Å²) < 4.78 is 16.9. The van der Waals surface area contributed by atoms with Crippen molar-refractivity contribution in [2.75, 3.05) is 33.4 Å². The highest BCUT2D eigenvalue weighted by Crippen LogP contribution is 2.35. The molecule has 1 aromatic heterocycles. The zero-order valence-corrected chi connectivity index (χ0v) is 13.8. The van der Waals surface area contributed by atoms with E-state index in [1.54, 1.807) is 11.1 Å². The number of aryl methyl sites for hydroxylation is 1. The monoisotopic (exact) mass is 320 g/mol. The predicted molar refractivity (Wildman–Crippen MR) is 83.9 cm³/mol. The first-order chi connectivity index (χ1) is 11.1. The van der Waals surface area contributed by atoms with Crippen molar-refractivity contribution in [3.63, 3.8) is 0 Å². The molecule has 6 nitrogen and oxygen atoms in total. The Labute approximate surface area is 136 Å². The summed E-state index contributed by atoms with van der Waals surface area (Å²) in [5, 5.41) is 0. The standard InChI is InChI=1S/C17H24N2O4/c1-13-3-5-18-8-14(13)9-22-15-4-6-23-17(7-15)11-19(12-17)16(20)10-21-2/h3,5,8,15H,4,6-7,9-12H2,1-2H3. The lowest BCUT2D eigenvalue weighted by molar-refractivity contribution is -0.203. The van der Waals surface area contributed by atoms with Crippen LogP contribution >= 0.6 is 0 Å². The van der Waals surface area contributed by atoms with Crippen LogP contribution in [-0.4, -0.2) is 60.9 Å². The minimum atomic E-state index is -0.226. The number of aromatic nitrogens is 1. The predicted octanol–water partition coefficient (Wildman–Crippen LogP) is 1.31. The lowest BCUT2D eigenvalue weighted by Crippen LogP contribution is -2.67. The molecule has 2 fully saturated rings. The van der Waals surface area contributed by atoms with Crippen LogP contribution in [0.25, 0.3) is 0 Å². The SMILES string of the molecule is COCC(=O)N1CC2(CC(OCc3cnccc3C)CCO2)C1. The van der Waals surface area contributed by atoms with E-state index in [0.717, 1.165) is 18.4 Å². The molecule has 2 aliphatic rings. The Balaban J connectivity index is 1.50. The van der Waals surface area contributed by atoms with E-state index in [0.29, 0.717) is 26.3 Å². The Hall–Kier alpha value is -1.50. The number of carbonyl (C=O) groups excluding carboxylic acids is 1. The highest BCUT2D eigenvalue weighted by Gasteiger charge is 2.49. The number of carbonyl (C=O) groups is 1. The lowest BCUT2D eigenvalue weighted by Gasteiger charge is -2.52. The molecule has 2 aliphatic heterocycles. The van der Waals surface area contributed by atoms with Gasteiger partial charge in [0.15, 0.2) is 0 Å². The van der Waals surface area contributed by atoms with Crippen LogP contribution in [0.2, 0.25) is 0 Å². The van der Waals surface area contributed by atoms with Gasteiger partial charge in [-0.1, -0.05) is 0 Å². The summed E-state index contributed by atoms with van der Waals surface area (Å²) in [6.45, 7) is 4.74. The summed E-state index contributed by atoms with van der Waals surface area (Å²) in [6, 6.07) is 2.00. The van der Waals surface area contributed by atoms with Gasteiger partial charge < -0.3 is 19.1 Å². The van der Waals surface area contributed by atoms with E-state index in [2.05, 4.69) is 11.9 Å². The van der Waals surface area contributed by atoms with Gasteiger partial charge in [-0.05, 0) is 30.5 Å². The molecule has 1 spiro atoms. The third kappa shape index (κ3) is 3.71. The summed E-state index contributed by atoms with van der Waals surface area (Å²) in [7, 11) is 1.54. The van der Waals surface area contributed by atoms with Crippen molar-refractivity contribution in [3.05, 3.63) is 29.6 Å². The number of rotatable bonds is 5. The van der Waals surface area contributed by atoms with Crippen LogP contribution in [0.1, 0.15) is 24.0 Å². The molecule has 126 valence electrons. The summed E-state index contributed by atoms with van der Waals surface area (Å²) in [6.07, 6.45) is 5.56. The van der Waals surface area contributed by atoms with Crippen LogP contribution in [-0.2, 0) is 25.6 Å². The lowest BCUT2D eigenvalue weighted by atomic mass is 9.84. The largest absolute Gasteiger partial charge is 0.375 e. The highest BCUT2D eigenvalue weighted by molar-refractivity contribution is 5.78. The first-order valence-corrected chi connectivity index (χ1v) is 8.04. The number of nitrogens with zero attached hydrogens (tertiary/aromatic N) is 2. The molecular formula is C17H24N2O4. The summed E-state index contributed by atoms with van der Waals surface area (Å²) in [5.41, 5.74) is 2.09. The molecule has 1 unspecified atom stereocenters. The van der Waals surface area contributed by atoms with E-state index in [1.807, 2.05) is 12.3 Å². The number of likely N-dealkylation sites (tertiary alicyclic amines) is 1. The average Bonchev–Trinajstić information content (AvgIpc) is 2.52. The van der Waals surface area contributed by atoms with Gasteiger partial charge >= 0.3 is 0 Å². The normalized spacial score (nSPS) is 22.9. The number of hydrogen-bond acceptors (Lipinski definition) is 5. The zero-order valence-electron chi connectivity index (χ0n) is 13.8. The van der Waals surface area contributed by atoms with Crippen molar-refractivity contribution >= 4 is 5.91 Å². The van der Waals surface area contributed by atoms with Gasteiger partial charge in [0.1, 0.15) is 12.2 Å². The average molecular weight is 320 g/mol. The van der Waals surface area contributed by atoms with Gasteiger partial charge in [0, 0.05) is 32.5 Å². The fourth-order valence-electron chi connectivity index (χ4n) is 3.24. The maximum atomic E-state index is 11.8. The fraction of sp³-hybridized carbons (Fsp3) is 0.647. The molecule has 1 amide bonds. The molecule has 3 heterocycles. The molecule has 2 saturated heterocycles. The molecule has 1 aromatic rings. The van der Waals surface area contributed by atoms with E-state index < -0.39 is 0 Å². The Morgan fingerprint density at radius 3 is 3.09 bits per heavy atom. The van der Waals surface area contributed by atoms with Gasteiger partial charge in [-0.25, -0.2) is 0 Å². The zero-order chi connectivity index (χ0) is 16.3. The molecule has 0 aliphatic carbocycles. The van der Waals surface area contributed by atoms with Gasteiger partial charge in [0.05, 0.1) is 25.8 Å². The van der Waals surface area contributed by atoms with Crippen LogP contribution in [0.5, 0.6) is 0 Å². The molecule has 3 rings (SSSR count). The molecule has 0 radical (unpaired) electrons. The maximum Gasteiger partial charge on any atom is 0.248 e. The first kappa shape index (κ1) is 16.4. The molecular weight excluding hydrogens is 296 g/mol. The fourth-order valence-corrected chi connectivity index (χ4v) is 3.24. The number of pyridine rings is 1. The Morgan fingerprint density at radius 2 is 2.35 bits per heavy atom. The van der Waals surface area contributed by atoms with Crippen LogP contribution in [0.3, 0.4) is 0 Å². The van der Waals surface area contributed by atoms with Crippen molar-refractivity contribution in [3.8, 4) is 0 Å². The minimum absolute atomic E-state index is 0.0238. The van der Waals surface area contributed by atoms with Crippen molar-refractivity contribution in [1.29, 1.82) is 0 Å². The molecule has 0 saturated carbocycles. The molecule has 0 N–H and O–H groups in total. The summed E-state index contributed by atoms with van der Waals surface area (Å²) in [4.78, 5) is 17.7. The molecule has 0 bridgehead atoms. The third-order valence-electron chi connectivity index (χ3n) is 4.65. The van der Waals surface area contributed by atoms with Gasteiger partial charge in [0.2, 0.25) is 5.91 Å². The number of ether oxygens (including phenoxy) is 3. The summed E-state index contributed by atoms with van der Waals surface area (Å²) in [5.74, 6) is 0.0238. The van der Waals surface area contributed by atoms with Crippen LogP contribution < -0.4 is 0 Å². The topological polar surface area (TPSA) is 60.9 Å². The van der Waals surface area contributed by atoms with Crippen molar-refractivity contribution in [2.24, 2.45) is 0 Å². The Morgan fingerprint density at radius 1 is 1.52 bits per heavy atom. The Kier molecular flexibility index (Phi) is 4.94. The van der Waals surface area contributed by atoms with Crippen LogP contribution in [0.4, 0.5) is 0 Å². The highest BCUT2D eigenvalue weighted by atomic mass is 16.5. The van der Waals surface area contributed by atoms with Crippen LogP contribution in [0, 0.1) is 6.92 Å². The molecule has 6 heteroatoms. The van der Waals surface area contributed by atoms with Gasteiger partial charge in [-0.15, -0.1) is 0 Å². The number of amides is 1. The minimum Gasteiger partial charge on any atom is -0.375 e. The van der Waals surface area contributed by atoms with Crippen LogP contribution in [0.15, 0.2) is 18.5 Å². The van der Waals surface area contributed by atoms with E-state index >= 15 is 0 Å². The van der Waals surface area contributed by atoms with Crippen molar-refractivity contribution in [1.82, 2.24) is 9.88 Å². The number of hydrogen-bond donors (Lipinski definition) is 0. The third-order valence-corrected chi connectivity index (χ3v) is 4.65. The molecule has 0 aromatic carbocycles. The maximum absolute atomic E-state index is 11.8. The van der Waals surface area contributed by atoms with Crippen molar-refractivity contribution < 1.29 is 19.0 Å². The second-order valence-electron chi connectivity index (χ2n) is 6.44. The quantitative estimate of drug-likeness (QED) is 0.819. The van der Waals surface area contributed by atoms with Gasteiger partial charge in [-0.3, -0.25) is 9.78 Å². The van der Waals surface area contributed by atoms with Crippen molar-refractivity contribution in [2.45, 2.75) is 38.1 Å². The smallest absolute Gasteiger partial charge is 0.248 e. The van der Waals surface area contributed by atoms with E-state index in [1.165, 1.54) is 12.7 Å². The molecule has 1 atom stereocenters. The van der Waals surface area contributed by atoms with Gasteiger partial charge in [0.25, 0.3) is 0 Å². The Bertz CT molecular complexity index is 557. The van der Waals surface area contributed by atoms with Gasteiger partial charge in [-0.2, -0.15) is 0 Å². The van der Waals surface area contributed by atoms with E-state index in [4.69, 9.17) is 14.2 Å². The van der Waals surface area contributed by atoms with E-state index in [-0.39, 0.29) is 24.2 Å². The second kappa shape index (κ2) is 6.95. The van der Waals surface area contributed by atoms with E-state index in [9.17, 15) is 4.79 Å².